The van der Waals surface area contributed by atoms with Gasteiger partial charge in [0.1, 0.15) is 18.4 Å². The predicted octanol–water partition coefficient (Wildman–Crippen LogP) is 3.08. The quantitative estimate of drug-likeness (QED) is 0.464. The molecule has 8 nitrogen and oxygen atoms in total. The van der Waals surface area contributed by atoms with Crippen LogP contribution in [0, 0.1) is 0 Å². The summed E-state index contributed by atoms with van der Waals surface area (Å²) < 4.78 is 13.8. The van der Waals surface area contributed by atoms with Crippen LogP contribution in [0.1, 0.15) is 12.8 Å². The number of rotatable bonds is 5. The van der Waals surface area contributed by atoms with Gasteiger partial charge in [0.15, 0.2) is 0 Å². The molecule has 0 radical (unpaired) electrons. The van der Waals surface area contributed by atoms with E-state index in [9.17, 15) is 9.59 Å². The first-order chi connectivity index (χ1) is 15.6. The van der Waals surface area contributed by atoms with Crippen LogP contribution in [0.25, 0.3) is 21.1 Å². The molecule has 2 aromatic heterocycles. The molecule has 0 aliphatic carbocycles. The fraction of sp³-hybridized carbons (Fsp3) is 0.304. The van der Waals surface area contributed by atoms with Crippen LogP contribution in [0.2, 0.25) is 0 Å². The Bertz CT molecular complexity index is 1340. The average molecular weight is 451 g/mol. The number of piperidine rings is 1. The molecule has 9 heteroatoms. The smallest absolute Gasteiger partial charge is 0.274 e. The van der Waals surface area contributed by atoms with Crippen molar-refractivity contribution in [3.8, 4) is 10.9 Å². The largest absolute Gasteiger partial charge is 0.497 e. The average Bonchev–Trinajstić information content (AvgIpc) is 3.22. The number of hydrogen-bond donors (Lipinski definition) is 0. The molecule has 0 spiro atoms. The Hall–Kier alpha value is -3.46. The molecule has 1 fully saturated rings. The lowest BCUT2D eigenvalue weighted by Gasteiger charge is -2.31. The molecule has 1 aliphatic rings. The molecule has 164 valence electrons. The molecule has 0 saturated carbocycles. The van der Waals surface area contributed by atoms with E-state index < -0.39 is 0 Å². The zero-order chi connectivity index (χ0) is 22.1. The van der Waals surface area contributed by atoms with E-state index in [1.165, 1.54) is 22.2 Å². The highest BCUT2D eigenvalue weighted by atomic mass is 32.1. The molecule has 1 saturated heterocycles. The second kappa shape index (κ2) is 8.58. The second-order valence-electron chi connectivity index (χ2n) is 7.71. The molecule has 1 amide bonds. The third-order valence-electron chi connectivity index (χ3n) is 5.67. The number of hydrogen-bond acceptors (Lipinski definition) is 7. The highest BCUT2D eigenvalue weighted by Gasteiger charge is 2.25. The van der Waals surface area contributed by atoms with Crippen molar-refractivity contribution in [2.45, 2.75) is 25.5 Å². The number of nitrogens with zero attached hydrogens (tertiary/aromatic N) is 4. The number of fused-ring (bicyclic) bond motifs is 2. The van der Waals surface area contributed by atoms with Crippen LogP contribution in [0.5, 0.6) is 10.9 Å². The summed E-state index contributed by atoms with van der Waals surface area (Å²) >= 11 is 1.51. The molecule has 2 aromatic carbocycles. The third-order valence-corrected chi connectivity index (χ3v) is 6.60. The lowest BCUT2D eigenvalue weighted by atomic mass is 10.1. The summed E-state index contributed by atoms with van der Waals surface area (Å²) in [7, 11) is 1.63. The van der Waals surface area contributed by atoms with Gasteiger partial charge in [-0.25, -0.2) is 9.97 Å². The summed E-state index contributed by atoms with van der Waals surface area (Å²) in [6, 6.07) is 12.9. The summed E-state index contributed by atoms with van der Waals surface area (Å²) in [5.41, 5.74) is 1.29. The summed E-state index contributed by atoms with van der Waals surface area (Å²) in [4.78, 5) is 36.0. The molecule has 5 rings (SSSR count). The normalized spacial score (nSPS) is 14.7. The van der Waals surface area contributed by atoms with E-state index in [1.807, 2.05) is 24.3 Å². The fourth-order valence-electron chi connectivity index (χ4n) is 3.89. The van der Waals surface area contributed by atoms with Crippen LogP contribution < -0.4 is 15.0 Å². The van der Waals surface area contributed by atoms with Crippen molar-refractivity contribution in [3.05, 3.63) is 59.1 Å². The molecule has 0 N–H and O–H groups in total. The maximum absolute atomic E-state index is 12.8. The monoisotopic (exact) mass is 450 g/mol. The van der Waals surface area contributed by atoms with Crippen LogP contribution >= 0.6 is 11.3 Å². The van der Waals surface area contributed by atoms with E-state index >= 15 is 0 Å². The molecule has 32 heavy (non-hydrogen) atoms. The van der Waals surface area contributed by atoms with E-state index in [-0.39, 0.29) is 24.1 Å². The van der Waals surface area contributed by atoms with E-state index in [0.29, 0.717) is 29.2 Å². The van der Waals surface area contributed by atoms with Gasteiger partial charge in [0.25, 0.3) is 10.8 Å². The van der Waals surface area contributed by atoms with Crippen LogP contribution in [0.4, 0.5) is 0 Å². The van der Waals surface area contributed by atoms with E-state index in [2.05, 4.69) is 9.97 Å². The van der Waals surface area contributed by atoms with Crippen LogP contribution in [-0.4, -0.2) is 51.6 Å². The van der Waals surface area contributed by atoms with Gasteiger partial charge < -0.3 is 14.4 Å². The van der Waals surface area contributed by atoms with E-state index in [4.69, 9.17) is 9.47 Å². The van der Waals surface area contributed by atoms with Crippen LogP contribution in [0.15, 0.2) is 53.6 Å². The Morgan fingerprint density at radius 3 is 2.78 bits per heavy atom. The summed E-state index contributed by atoms with van der Waals surface area (Å²) in [5, 5.41) is 1.15. The molecule has 0 bridgehead atoms. The molecule has 4 aromatic rings. The number of likely N-dealkylation sites (tertiary alicyclic amines) is 1. The topological polar surface area (TPSA) is 86.5 Å². The molecule has 3 heterocycles. The Morgan fingerprint density at radius 1 is 1.16 bits per heavy atom. The van der Waals surface area contributed by atoms with Crippen molar-refractivity contribution < 1.29 is 14.3 Å². The van der Waals surface area contributed by atoms with E-state index in [0.717, 1.165) is 28.8 Å². The van der Waals surface area contributed by atoms with Gasteiger partial charge in [0.2, 0.25) is 5.91 Å². The van der Waals surface area contributed by atoms with Crippen molar-refractivity contribution in [3.63, 3.8) is 0 Å². The number of carbonyl (C=O) groups excluding carboxylic acids is 1. The zero-order valence-electron chi connectivity index (χ0n) is 17.6. The lowest BCUT2D eigenvalue weighted by molar-refractivity contribution is -0.133. The van der Waals surface area contributed by atoms with Crippen molar-refractivity contribution in [1.82, 2.24) is 19.4 Å². The highest BCUT2D eigenvalue weighted by Crippen LogP contribution is 2.32. The van der Waals surface area contributed by atoms with Crippen molar-refractivity contribution in [2.24, 2.45) is 0 Å². The molecule has 0 unspecified atom stereocenters. The SMILES string of the molecule is COc1ccc2sc(OC3CCN(C(=O)Cn4cnc5ccccc5c4=O)CC3)nc2c1. The van der Waals surface area contributed by atoms with E-state index in [1.54, 1.807) is 30.2 Å². The molecule has 0 atom stereocenters. The van der Waals surface area contributed by atoms with Gasteiger partial charge in [-0.2, -0.15) is 0 Å². The van der Waals surface area contributed by atoms with Gasteiger partial charge in [-0.15, -0.1) is 0 Å². The number of methoxy groups -OCH3 is 1. The third kappa shape index (κ3) is 4.03. The zero-order valence-corrected chi connectivity index (χ0v) is 18.4. The van der Waals surface area contributed by atoms with Gasteiger partial charge >= 0.3 is 0 Å². The Kier molecular flexibility index (Phi) is 5.48. The van der Waals surface area contributed by atoms with Crippen LogP contribution in [-0.2, 0) is 11.3 Å². The Morgan fingerprint density at radius 2 is 1.97 bits per heavy atom. The van der Waals surface area contributed by atoms with Crippen molar-refractivity contribution in [2.75, 3.05) is 20.2 Å². The molecule has 1 aliphatic heterocycles. The minimum absolute atomic E-state index is 0.00608. The number of aromatic nitrogens is 3. The van der Waals surface area contributed by atoms with Gasteiger partial charge in [-0.3, -0.25) is 14.2 Å². The highest BCUT2D eigenvalue weighted by molar-refractivity contribution is 7.20. The van der Waals surface area contributed by atoms with Crippen molar-refractivity contribution in [1.29, 1.82) is 0 Å². The first-order valence-electron chi connectivity index (χ1n) is 10.4. The number of thiazole rings is 1. The minimum Gasteiger partial charge on any atom is -0.497 e. The van der Waals surface area contributed by atoms with Crippen LogP contribution in [0.3, 0.4) is 0 Å². The van der Waals surface area contributed by atoms with Gasteiger partial charge in [0, 0.05) is 32.0 Å². The van der Waals surface area contributed by atoms with Gasteiger partial charge in [-0.1, -0.05) is 23.5 Å². The summed E-state index contributed by atoms with van der Waals surface area (Å²) in [6.45, 7) is 1.15. The minimum atomic E-state index is -0.199. The number of para-hydroxylation sites is 1. The molecular formula is C23H22N4O4S. The standard InChI is InChI=1S/C23H22N4O4S/c1-30-16-6-7-20-19(12-16)25-23(32-20)31-15-8-10-26(11-9-15)21(28)13-27-14-24-18-5-3-2-4-17(18)22(27)29/h2-7,12,14-15H,8-11,13H2,1H3. The Labute approximate surface area is 188 Å². The van der Waals surface area contributed by atoms with Gasteiger partial charge in [0.05, 0.1) is 34.6 Å². The van der Waals surface area contributed by atoms with Gasteiger partial charge in [-0.05, 0) is 24.3 Å². The Balaban J connectivity index is 1.20. The number of amides is 1. The first-order valence-corrected chi connectivity index (χ1v) is 11.3. The number of ether oxygens (including phenoxy) is 2. The fourth-order valence-corrected chi connectivity index (χ4v) is 4.76. The summed E-state index contributed by atoms with van der Waals surface area (Å²) in [6.07, 6.45) is 2.89. The van der Waals surface area contributed by atoms with Crippen molar-refractivity contribution >= 4 is 38.4 Å². The second-order valence-corrected chi connectivity index (χ2v) is 8.70. The summed E-state index contributed by atoms with van der Waals surface area (Å²) in [5.74, 6) is 0.677. The maximum atomic E-state index is 12.8. The lowest BCUT2D eigenvalue weighted by Crippen LogP contribution is -2.44. The molecular weight excluding hydrogens is 428 g/mol. The number of benzene rings is 2. The predicted molar refractivity (Wildman–Crippen MR) is 122 cm³/mol. The maximum Gasteiger partial charge on any atom is 0.274 e. The first kappa shape index (κ1) is 20.4. The number of carbonyl (C=O) groups is 1.